The van der Waals surface area contributed by atoms with Crippen LogP contribution < -0.4 is 9.47 Å². The first kappa shape index (κ1) is 17.8. The Labute approximate surface area is 160 Å². The molecule has 1 N–H and O–H groups in total. The minimum Gasteiger partial charge on any atom is -0.486 e. The summed E-state index contributed by atoms with van der Waals surface area (Å²) in [7, 11) is 0. The number of hydrogen-bond acceptors (Lipinski definition) is 5. The Hall–Kier alpha value is -3.61. The molecule has 2 amide bonds. The number of benzene rings is 2. The lowest BCUT2D eigenvalue weighted by atomic mass is 9.92. The zero-order chi connectivity index (χ0) is 19.7. The van der Waals surface area contributed by atoms with Crippen LogP contribution in [0, 0.1) is 0 Å². The van der Waals surface area contributed by atoms with Crippen molar-refractivity contribution in [2.75, 3.05) is 19.8 Å². The van der Waals surface area contributed by atoms with Gasteiger partial charge in [0.15, 0.2) is 11.5 Å². The van der Waals surface area contributed by atoms with Gasteiger partial charge in [0.05, 0.1) is 6.42 Å². The van der Waals surface area contributed by atoms with Crippen molar-refractivity contribution in [3.05, 3.63) is 59.2 Å². The van der Waals surface area contributed by atoms with Crippen molar-refractivity contribution in [2.45, 2.75) is 6.42 Å². The molecule has 0 atom stereocenters. The second-order valence-electron chi connectivity index (χ2n) is 6.41. The number of carbonyl (C=O) groups is 3. The molecule has 2 aromatic carbocycles. The molecule has 2 heterocycles. The van der Waals surface area contributed by atoms with E-state index in [0.29, 0.717) is 41.4 Å². The summed E-state index contributed by atoms with van der Waals surface area (Å²) in [6.45, 7) is 0.756. The number of carbonyl (C=O) groups excluding carboxylic acids is 2. The van der Waals surface area contributed by atoms with Crippen LogP contribution in [-0.4, -0.2) is 47.5 Å². The second kappa shape index (κ2) is 7.19. The smallest absolute Gasteiger partial charge is 0.305 e. The maximum absolute atomic E-state index is 13.0. The summed E-state index contributed by atoms with van der Waals surface area (Å²) in [4.78, 5) is 37.6. The van der Waals surface area contributed by atoms with Crippen molar-refractivity contribution in [1.82, 2.24) is 4.90 Å². The predicted molar refractivity (Wildman–Crippen MR) is 100 cm³/mol. The Morgan fingerprint density at radius 3 is 2.46 bits per heavy atom. The van der Waals surface area contributed by atoms with Crippen molar-refractivity contribution in [1.29, 1.82) is 0 Å². The predicted octanol–water partition coefficient (Wildman–Crippen LogP) is 2.46. The molecule has 2 aromatic rings. The van der Waals surface area contributed by atoms with Gasteiger partial charge in [-0.05, 0) is 35.4 Å². The molecule has 28 heavy (non-hydrogen) atoms. The fourth-order valence-corrected chi connectivity index (χ4v) is 3.27. The molecule has 0 bridgehead atoms. The fourth-order valence-electron chi connectivity index (χ4n) is 3.27. The summed E-state index contributed by atoms with van der Waals surface area (Å²) in [5.74, 6) is -0.837. The molecule has 0 saturated heterocycles. The summed E-state index contributed by atoms with van der Waals surface area (Å²) in [6, 6.07) is 12.2. The van der Waals surface area contributed by atoms with Gasteiger partial charge in [0.1, 0.15) is 13.2 Å². The second-order valence-corrected chi connectivity index (χ2v) is 6.41. The van der Waals surface area contributed by atoms with E-state index in [1.165, 1.54) is 0 Å². The van der Waals surface area contributed by atoms with Gasteiger partial charge in [0.25, 0.3) is 11.8 Å². The highest BCUT2D eigenvalue weighted by atomic mass is 16.6. The highest BCUT2D eigenvalue weighted by Crippen LogP contribution is 2.34. The Bertz CT molecular complexity index is 1010. The van der Waals surface area contributed by atoms with Crippen molar-refractivity contribution in [2.24, 2.45) is 0 Å². The minimum atomic E-state index is -1.07. The van der Waals surface area contributed by atoms with Gasteiger partial charge < -0.3 is 14.6 Å². The van der Waals surface area contributed by atoms with Gasteiger partial charge >= 0.3 is 5.97 Å². The van der Waals surface area contributed by atoms with Crippen LogP contribution >= 0.6 is 0 Å². The molecule has 0 unspecified atom stereocenters. The number of rotatable bonds is 4. The average molecular weight is 379 g/mol. The molecule has 0 aliphatic carbocycles. The maximum Gasteiger partial charge on any atom is 0.305 e. The first-order valence-corrected chi connectivity index (χ1v) is 8.83. The van der Waals surface area contributed by atoms with E-state index in [-0.39, 0.29) is 13.0 Å². The van der Waals surface area contributed by atoms with Gasteiger partial charge in [-0.25, -0.2) is 0 Å². The Morgan fingerprint density at radius 2 is 1.71 bits per heavy atom. The first-order valence-electron chi connectivity index (χ1n) is 8.83. The summed E-state index contributed by atoms with van der Waals surface area (Å²) >= 11 is 0. The number of imide groups is 1. The third-order valence-corrected chi connectivity index (χ3v) is 4.59. The Morgan fingerprint density at radius 1 is 1.00 bits per heavy atom. The highest BCUT2D eigenvalue weighted by molar-refractivity contribution is 6.33. The third kappa shape index (κ3) is 3.22. The number of carboxylic acid groups (broad SMARTS) is 1. The van der Waals surface area contributed by atoms with Gasteiger partial charge in [0.2, 0.25) is 0 Å². The van der Waals surface area contributed by atoms with E-state index in [0.717, 1.165) is 10.5 Å². The number of nitrogens with zero attached hydrogens (tertiary/aromatic N) is 1. The first-order chi connectivity index (χ1) is 13.5. The lowest BCUT2D eigenvalue weighted by Gasteiger charge is -2.28. The van der Waals surface area contributed by atoms with Gasteiger partial charge in [0, 0.05) is 17.7 Å². The maximum atomic E-state index is 13.0. The van der Waals surface area contributed by atoms with E-state index < -0.39 is 17.8 Å². The summed E-state index contributed by atoms with van der Waals surface area (Å²) in [5.41, 5.74) is 1.95. The number of ether oxygens (including phenoxy) is 2. The van der Waals surface area contributed by atoms with Crippen LogP contribution in [0.15, 0.2) is 42.5 Å². The van der Waals surface area contributed by atoms with E-state index in [1.54, 1.807) is 48.5 Å². The summed E-state index contributed by atoms with van der Waals surface area (Å²) in [6.07, 6.45) is 1.37. The largest absolute Gasteiger partial charge is 0.486 e. The number of fused-ring (bicyclic) bond motifs is 2. The zero-order valence-corrected chi connectivity index (χ0v) is 14.9. The van der Waals surface area contributed by atoms with Crippen LogP contribution in [0.3, 0.4) is 0 Å². The molecular weight excluding hydrogens is 362 g/mol. The van der Waals surface area contributed by atoms with Gasteiger partial charge in [-0.2, -0.15) is 0 Å². The van der Waals surface area contributed by atoms with Crippen molar-refractivity contribution < 1.29 is 29.0 Å². The fraction of sp³-hybridized carbons (Fsp3) is 0.190. The molecule has 2 aliphatic rings. The highest BCUT2D eigenvalue weighted by Gasteiger charge is 2.34. The average Bonchev–Trinajstić information content (AvgIpc) is 2.71. The van der Waals surface area contributed by atoms with E-state index >= 15 is 0 Å². The van der Waals surface area contributed by atoms with Gasteiger partial charge in [-0.15, -0.1) is 0 Å². The van der Waals surface area contributed by atoms with Crippen LogP contribution in [0.1, 0.15) is 27.9 Å². The van der Waals surface area contributed by atoms with Gasteiger partial charge in [-0.3, -0.25) is 19.3 Å². The lowest BCUT2D eigenvalue weighted by Crippen LogP contribution is -2.42. The molecule has 0 spiro atoms. The molecule has 0 aromatic heterocycles. The summed E-state index contributed by atoms with van der Waals surface area (Å²) in [5, 5.41) is 8.94. The van der Waals surface area contributed by atoms with Crippen molar-refractivity contribution >= 4 is 29.4 Å². The van der Waals surface area contributed by atoms with Crippen molar-refractivity contribution in [3.63, 3.8) is 0 Å². The molecule has 0 fully saturated rings. The van der Waals surface area contributed by atoms with Crippen LogP contribution in [-0.2, 0) is 9.59 Å². The van der Waals surface area contributed by atoms with E-state index in [2.05, 4.69) is 0 Å². The zero-order valence-electron chi connectivity index (χ0n) is 14.9. The molecule has 2 aliphatic heterocycles. The van der Waals surface area contributed by atoms with Crippen LogP contribution in [0.4, 0.5) is 0 Å². The lowest BCUT2D eigenvalue weighted by molar-refractivity contribution is -0.137. The van der Waals surface area contributed by atoms with E-state index in [4.69, 9.17) is 14.6 Å². The van der Waals surface area contributed by atoms with E-state index in [1.807, 2.05) is 0 Å². The SMILES string of the molecule is O=C(O)CCN1C(=O)/C(=C\c2ccc3c(c2)OCCO3)c2ccccc2C1=O. The van der Waals surface area contributed by atoms with Crippen LogP contribution in [0.25, 0.3) is 11.6 Å². The third-order valence-electron chi connectivity index (χ3n) is 4.59. The number of amides is 2. The van der Waals surface area contributed by atoms with Crippen LogP contribution in [0.2, 0.25) is 0 Å². The molecule has 142 valence electrons. The van der Waals surface area contributed by atoms with Gasteiger partial charge in [-0.1, -0.05) is 24.3 Å². The topological polar surface area (TPSA) is 93.1 Å². The molecule has 7 heteroatoms. The normalized spacial score (nSPS) is 16.9. The molecule has 0 radical (unpaired) electrons. The standard InChI is InChI=1S/C21H17NO6/c23-19(24)7-8-22-20(25)15-4-2-1-3-14(15)16(21(22)26)11-13-5-6-17-18(12-13)28-10-9-27-17/h1-6,11-12H,7-10H2,(H,23,24)/b16-11-. The summed E-state index contributed by atoms with van der Waals surface area (Å²) < 4.78 is 11.1. The quantitative estimate of drug-likeness (QED) is 0.648. The monoisotopic (exact) mass is 379 g/mol. The molecule has 7 nitrogen and oxygen atoms in total. The molecular formula is C21H17NO6. The number of aliphatic carboxylic acids is 1. The molecule has 4 rings (SSSR count). The Kier molecular flexibility index (Phi) is 4.57. The van der Waals surface area contributed by atoms with Crippen LogP contribution in [0.5, 0.6) is 11.5 Å². The Balaban J connectivity index is 1.77. The number of hydrogen-bond donors (Lipinski definition) is 1. The van der Waals surface area contributed by atoms with Crippen molar-refractivity contribution in [3.8, 4) is 11.5 Å². The van der Waals surface area contributed by atoms with E-state index in [9.17, 15) is 14.4 Å². The minimum absolute atomic E-state index is 0.181. The number of carboxylic acids is 1. The molecule has 0 saturated carbocycles.